The summed E-state index contributed by atoms with van der Waals surface area (Å²) in [5.74, 6) is -0.104. The topological polar surface area (TPSA) is 83.0 Å². The van der Waals surface area contributed by atoms with E-state index in [1.807, 2.05) is 59.2 Å². The third-order valence-corrected chi connectivity index (χ3v) is 5.21. The second-order valence-electron chi connectivity index (χ2n) is 7.41. The second-order valence-corrected chi connectivity index (χ2v) is 7.41. The number of hydrogen-bond acceptors (Lipinski definition) is 5. The van der Waals surface area contributed by atoms with Gasteiger partial charge in [-0.1, -0.05) is 68.7 Å². The maximum atomic E-state index is 12.9. The minimum absolute atomic E-state index is 0.301. The molecule has 0 spiro atoms. The monoisotopic (exact) mass is 402 g/mol. The molecule has 6 heteroatoms. The lowest BCUT2D eigenvalue weighted by Crippen LogP contribution is -2.11. The van der Waals surface area contributed by atoms with E-state index in [2.05, 4.69) is 6.92 Å². The van der Waals surface area contributed by atoms with Crippen LogP contribution in [0.2, 0.25) is 0 Å². The van der Waals surface area contributed by atoms with Crippen LogP contribution < -0.4 is 5.73 Å². The molecule has 2 heterocycles. The molecule has 2 aromatic carbocycles. The Bertz CT molecular complexity index is 1170. The van der Waals surface area contributed by atoms with Gasteiger partial charge in [-0.15, -0.1) is 0 Å². The molecule has 0 atom stereocenters. The van der Waals surface area contributed by atoms with Crippen LogP contribution in [0, 0.1) is 0 Å². The first kappa shape index (κ1) is 19.9. The van der Waals surface area contributed by atoms with Gasteiger partial charge in [-0.2, -0.15) is 0 Å². The molecule has 2 aromatic heterocycles. The van der Waals surface area contributed by atoms with Crippen molar-refractivity contribution in [2.45, 2.75) is 39.2 Å². The number of nitrogens with two attached hydrogens (primary N) is 1. The number of hydrogen-bond donors (Lipinski definition) is 1. The maximum absolute atomic E-state index is 12.9. The van der Waals surface area contributed by atoms with E-state index in [1.165, 1.54) is 0 Å². The number of rotatable bonds is 8. The molecule has 154 valence electrons. The van der Waals surface area contributed by atoms with Gasteiger partial charge in [0.15, 0.2) is 5.65 Å². The second kappa shape index (κ2) is 8.95. The molecule has 0 bridgehead atoms. The first-order valence-electron chi connectivity index (χ1n) is 10.4. The summed E-state index contributed by atoms with van der Waals surface area (Å²) in [5, 5.41) is 0. The maximum Gasteiger partial charge on any atom is 0.344 e. The number of carbonyl (C=O) groups is 1. The zero-order valence-corrected chi connectivity index (χ0v) is 17.2. The van der Waals surface area contributed by atoms with Crippen molar-refractivity contribution in [2.75, 3.05) is 12.3 Å². The minimum atomic E-state index is -0.439. The molecule has 0 unspecified atom stereocenters. The number of benzene rings is 2. The molecule has 4 aromatic rings. The number of carbonyl (C=O) groups excluding carboxylic acids is 1. The fourth-order valence-electron chi connectivity index (χ4n) is 3.61. The van der Waals surface area contributed by atoms with E-state index < -0.39 is 5.97 Å². The summed E-state index contributed by atoms with van der Waals surface area (Å²) in [6.45, 7) is 3.03. The molecule has 0 fully saturated rings. The van der Waals surface area contributed by atoms with E-state index in [1.54, 1.807) is 0 Å². The summed E-state index contributed by atoms with van der Waals surface area (Å²) in [7, 11) is 0. The molecule has 0 radical (unpaired) electrons. The summed E-state index contributed by atoms with van der Waals surface area (Å²) in [5.41, 5.74) is 10.4. The van der Waals surface area contributed by atoms with Crippen LogP contribution in [-0.4, -0.2) is 27.1 Å². The lowest BCUT2D eigenvalue weighted by molar-refractivity contribution is 0.0501. The molecule has 6 nitrogen and oxygen atoms in total. The molecule has 0 aliphatic rings. The molecule has 30 heavy (non-hydrogen) atoms. The van der Waals surface area contributed by atoms with Crippen molar-refractivity contribution in [3.63, 3.8) is 0 Å². The van der Waals surface area contributed by atoms with Gasteiger partial charge >= 0.3 is 5.97 Å². The molecule has 0 aliphatic heterocycles. The smallest absolute Gasteiger partial charge is 0.344 e. The van der Waals surface area contributed by atoms with E-state index >= 15 is 0 Å². The summed E-state index contributed by atoms with van der Waals surface area (Å²) in [4.78, 5) is 22.4. The Morgan fingerprint density at radius 3 is 2.40 bits per heavy atom. The summed E-state index contributed by atoms with van der Waals surface area (Å²) >= 11 is 0. The molecule has 0 amide bonds. The van der Waals surface area contributed by atoms with Crippen molar-refractivity contribution >= 4 is 34.0 Å². The Labute approximate surface area is 175 Å². The number of ether oxygens (including phenoxy) is 1. The Balaban J connectivity index is 1.75. The van der Waals surface area contributed by atoms with Crippen LogP contribution in [0.4, 0.5) is 5.82 Å². The van der Waals surface area contributed by atoms with Crippen LogP contribution >= 0.6 is 0 Å². The first-order valence-corrected chi connectivity index (χ1v) is 10.4. The van der Waals surface area contributed by atoms with Crippen LogP contribution in [0.3, 0.4) is 0 Å². The van der Waals surface area contributed by atoms with Crippen LogP contribution in [0.1, 0.15) is 48.5 Å². The van der Waals surface area contributed by atoms with Crippen molar-refractivity contribution in [2.24, 2.45) is 0 Å². The lowest BCUT2D eigenvalue weighted by Gasteiger charge is -2.08. The zero-order chi connectivity index (χ0) is 20.9. The number of nitrogens with zero attached hydrogens (tertiary/aromatic N) is 3. The largest absolute Gasteiger partial charge is 0.462 e. The summed E-state index contributed by atoms with van der Waals surface area (Å²) in [6, 6.07) is 17.6. The zero-order valence-electron chi connectivity index (χ0n) is 17.2. The fourth-order valence-corrected chi connectivity index (χ4v) is 3.61. The number of nitrogen functional groups attached to an aromatic ring is 1. The van der Waals surface area contributed by atoms with Crippen molar-refractivity contribution in [3.8, 4) is 0 Å². The van der Waals surface area contributed by atoms with E-state index in [4.69, 9.17) is 20.4 Å². The first-order chi connectivity index (χ1) is 14.7. The lowest BCUT2D eigenvalue weighted by atomic mass is 10.2. The predicted octanol–water partition coefficient (Wildman–Crippen LogP) is 4.95. The molecule has 0 aliphatic carbocycles. The van der Waals surface area contributed by atoms with Crippen molar-refractivity contribution in [1.29, 1.82) is 0 Å². The Kier molecular flexibility index (Phi) is 5.93. The standard InChI is InChI=1S/C24H26N4O2/c1-2-3-4-10-15-30-24(29)20-21-23(27-19-14-9-8-13-18(19)26-21)28(22(20)25)16-17-11-6-5-7-12-17/h5-9,11-14H,2-4,10,15-16,25H2,1H3. The number of anilines is 1. The van der Waals surface area contributed by atoms with Crippen LogP contribution in [-0.2, 0) is 11.3 Å². The molecule has 0 saturated carbocycles. The molecule has 2 N–H and O–H groups in total. The number of para-hydroxylation sites is 2. The Hall–Kier alpha value is -3.41. The van der Waals surface area contributed by atoms with Gasteiger partial charge in [0.25, 0.3) is 0 Å². The van der Waals surface area contributed by atoms with Crippen molar-refractivity contribution < 1.29 is 9.53 Å². The highest BCUT2D eigenvalue weighted by Crippen LogP contribution is 2.29. The number of aromatic nitrogens is 3. The minimum Gasteiger partial charge on any atom is -0.462 e. The highest BCUT2D eigenvalue weighted by atomic mass is 16.5. The summed E-state index contributed by atoms with van der Waals surface area (Å²) in [6.07, 6.45) is 4.15. The van der Waals surface area contributed by atoms with E-state index in [9.17, 15) is 4.79 Å². The third-order valence-electron chi connectivity index (χ3n) is 5.21. The van der Waals surface area contributed by atoms with Gasteiger partial charge < -0.3 is 15.0 Å². The highest BCUT2D eigenvalue weighted by molar-refractivity contribution is 6.08. The number of fused-ring (bicyclic) bond motifs is 2. The number of esters is 1. The predicted molar refractivity (Wildman–Crippen MR) is 119 cm³/mol. The van der Waals surface area contributed by atoms with Gasteiger partial charge in [-0.25, -0.2) is 14.8 Å². The van der Waals surface area contributed by atoms with Gasteiger partial charge in [-0.05, 0) is 24.1 Å². The summed E-state index contributed by atoms with van der Waals surface area (Å²) < 4.78 is 7.38. The van der Waals surface area contributed by atoms with Gasteiger partial charge in [0.1, 0.15) is 16.9 Å². The van der Waals surface area contributed by atoms with E-state index in [0.29, 0.717) is 35.7 Å². The van der Waals surface area contributed by atoms with Gasteiger partial charge in [0.05, 0.1) is 24.2 Å². The highest BCUT2D eigenvalue weighted by Gasteiger charge is 2.25. The van der Waals surface area contributed by atoms with E-state index in [0.717, 1.165) is 42.3 Å². The van der Waals surface area contributed by atoms with Crippen molar-refractivity contribution in [1.82, 2.24) is 14.5 Å². The van der Waals surface area contributed by atoms with Crippen molar-refractivity contribution in [3.05, 3.63) is 65.7 Å². The SMILES string of the molecule is CCCCCCOC(=O)c1c(N)n(Cc2ccccc2)c2nc3ccccc3nc12. The Morgan fingerprint density at radius 1 is 0.967 bits per heavy atom. The van der Waals surface area contributed by atoms with Gasteiger partial charge in [-0.3, -0.25) is 0 Å². The molecule has 0 saturated heterocycles. The number of unbranched alkanes of at least 4 members (excludes halogenated alkanes) is 3. The average Bonchev–Trinajstić information content (AvgIpc) is 3.03. The Morgan fingerprint density at radius 2 is 1.67 bits per heavy atom. The van der Waals surface area contributed by atoms with Crippen LogP contribution in [0.15, 0.2) is 54.6 Å². The molecule has 4 rings (SSSR count). The normalized spacial score (nSPS) is 11.2. The molecular formula is C24H26N4O2. The quantitative estimate of drug-likeness (QED) is 0.333. The van der Waals surface area contributed by atoms with Crippen LogP contribution in [0.25, 0.3) is 22.2 Å². The fraction of sp³-hybridized carbons (Fsp3) is 0.292. The van der Waals surface area contributed by atoms with E-state index in [-0.39, 0.29) is 0 Å². The van der Waals surface area contributed by atoms with Gasteiger partial charge in [0, 0.05) is 0 Å². The van der Waals surface area contributed by atoms with Gasteiger partial charge in [0.2, 0.25) is 0 Å². The third kappa shape index (κ3) is 3.99. The van der Waals surface area contributed by atoms with Crippen LogP contribution in [0.5, 0.6) is 0 Å². The molecular weight excluding hydrogens is 376 g/mol. The average molecular weight is 402 g/mol.